The van der Waals surface area contributed by atoms with Crippen LogP contribution in [-0.2, 0) is 11.2 Å². The lowest BCUT2D eigenvalue weighted by Gasteiger charge is -2.05. The van der Waals surface area contributed by atoms with Gasteiger partial charge in [-0.25, -0.2) is 0 Å². The summed E-state index contributed by atoms with van der Waals surface area (Å²) in [5, 5.41) is 13.1. The van der Waals surface area contributed by atoms with Crippen molar-refractivity contribution in [3.63, 3.8) is 0 Å². The quantitative estimate of drug-likeness (QED) is 0.829. The summed E-state index contributed by atoms with van der Waals surface area (Å²) in [6, 6.07) is 5.66. The van der Waals surface area contributed by atoms with E-state index in [1.54, 1.807) is 18.3 Å². The number of nitrogens with zero attached hydrogens (tertiary/aromatic N) is 1. The summed E-state index contributed by atoms with van der Waals surface area (Å²) in [6.45, 7) is 1.68. The molecule has 0 aliphatic rings. The number of aryl methyl sites for hydroxylation is 1. The number of carbonyl (C=O) groups excluding carboxylic acids is 1. The van der Waals surface area contributed by atoms with E-state index >= 15 is 0 Å². The Morgan fingerprint density at radius 1 is 1.73 bits per heavy atom. The van der Waals surface area contributed by atoms with Gasteiger partial charge in [0.15, 0.2) is 0 Å². The summed E-state index contributed by atoms with van der Waals surface area (Å²) in [5.41, 5.74) is 0. The van der Waals surface area contributed by atoms with Crippen LogP contribution in [0.15, 0.2) is 17.5 Å². The van der Waals surface area contributed by atoms with E-state index in [1.807, 2.05) is 17.5 Å². The molecule has 15 heavy (non-hydrogen) atoms. The van der Waals surface area contributed by atoms with Crippen LogP contribution in [-0.4, -0.2) is 11.9 Å². The summed E-state index contributed by atoms with van der Waals surface area (Å²) >= 11 is 1.71. The standard InChI is InChI=1S/C11H14N2OS/c1-9(8-12)13-11(14)6-2-4-10-5-3-7-15-10/h3,5,7,9H,2,4,6H2,1H3,(H,13,14). The van der Waals surface area contributed by atoms with Crippen LogP contribution in [0.3, 0.4) is 0 Å². The monoisotopic (exact) mass is 222 g/mol. The van der Waals surface area contributed by atoms with Crippen LogP contribution in [0.25, 0.3) is 0 Å². The number of carbonyl (C=O) groups is 1. The first kappa shape index (κ1) is 11.7. The summed E-state index contributed by atoms with van der Waals surface area (Å²) in [6.07, 6.45) is 2.26. The molecular formula is C11H14N2OS. The Hall–Kier alpha value is -1.34. The maximum atomic E-state index is 11.3. The molecule has 80 valence electrons. The zero-order valence-electron chi connectivity index (χ0n) is 8.69. The Morgan fingerprint density at radius 3 is 3.13 bits per heavy atom. The van der Waals surface area contributed by atoms with Crippen molar-refractivity contribution in [2.45, 2.75) is 32.2 Å². The molecule has 0 radical (unpaired) electrons. The average Bonchev–Trinajstić information content (AvgIpc) is 2.70. The highest BCUT2D eigenvalue weighted by Crippen LogP contribution is 2.11. The molecule has 0 spiro atoms. The van der Waals surface area contributed by atoms with Gasteiger partial charge in [-0.15, -0.1) is 11.3 Å². The number of amides is 1. The van der Waals surface area contributed by atoms with Gasteiger partial charge in [0.2, 0.25) is 5.91 Å². The predicted octanol–water partition coefficient (Wildman–Crippen LogP) is 2.10. The first-order valence-corrected chi connectivity index (χ1v) is 5.81. The number of thiophene rings is 1. The largest absolute Gasteiger partial charge is 0.341 e. The third kappa shape index (κ3) is 4.61. The minimum atomic E-state index is -0.390. The molecule has 4 heteroatoms. The molecule has 1 heterocycles. The Morgan fingerprint density at radius 2 is 2.53 bits per heavy atom. The van der Waals surface area contributed by atoms with E-state index in [4.69, 9.17) is 5.26 Å². The highest BCUT2D eigenvalue weighted by molar-refractivity contribution is 7.09. The van der Waals surface area contributed by atoms with Crippen LogP contribution >= 0.6 is 11.3 Å². The second-order valence-electron chi connectivity index (χ2n) is 3.35. The highest BCUT2D eigenvalue weighted by Gasteiger charge is 2.05. The smallest absolute Gasteiger partial charge is 0.221 e. The lowest BCUT2D eigenvalue weighted by Crippen LogP contribution is -2.31. The van der Waals surface area contributed by atoms with Crippen molar-refractivity contribution >= 4 is 17.2 Å². The van der Waals surface area contributed by atoms with E-state index in [9.17, 15) is 4.79 Å². The van der Waals surface area contributed by atoms with Gasteiger partial charge in [-0.2, -0.15) is 5.26 Å². The van der Waals surface area contributed by atoms with Crippen molar-refractivity contribution in [2.24, 2.45) is 0 Å². The molecule has 1 aromatic heterocycles. The summed E-state index contributed by atoms with van der Waals surface area (Å²) in [7, 11) is 0. The maximum Gasteiger partial charge on any atom is 0.221 e. The molecule has 1 rings (SSSR count). The van der Waals surface area contributed by atoms with Gasteiger partial charge in [0.1, 0.15) is 6.04 Å². The van der Waals surface area contributed by atoms with E-state index in [0.29, 0.717) is 6.42 Å². The molecule has 1 amide bonds. The first-order chi connectivity index (χ1) is 7.22. The van der Waals surface area contributed by atoms with Gasteiger partial charge < -0.3 is 5.32 Å². The Bertz CT molecular complexity index is 340. The van der Waals surface area contributed by atoms with Crippen molar-refractivity contribution in [3.8, 4) is 6.07 Å². The van der Waals surface area contributed by atoms with E-state index < -0.39 is 0 Å². The minimum Gasteiger partial charge on any atom is -0.341 e. The maximum absolute atomic E-state index is 11.3. The van der Waals surface area contributed by atoms with Gasteiger partial charge in [0.05, 0.1) is 6.07 Å². The normalized spacial score (nSPS) is 11.7. The first-order valence-electron chi connectivity index (χ1n) is 4.93. The van der Waals surface area contributed by atoms with Crippen LogP contribution in [0.5, 0.6) is 0 Å². The van der Waals surface area contributed by atoms with Crippen molar-refractivity contribution in [1.82, 2.24) is 5.32 Å². The molecular weight excluding hydrogens is 208 g/mol. The van der Waals surface area contributed by atoms with Gasteiger partial charge in [0.25, 0.3) is 0 Å². The van der Waals surface area contributed by atoms with Gasteiger partial charge in [0, 0.05) is 11.3 Å². The lowest BCUT2D eigenvalue weighted by molar-refractivity contribution is -0.121. The van der Waals surface area contributed by atoms with Crippen LogP contribution in [0, 0.1) is 11.3 Å². The molecule has 0 aromatic carbocycles. The Labute approximate surface area is 93.7 Å². The third-order valence-corrected chi connectivity index (χ3v) is 2.91. The molecule has 1 unspecified atom stereocenters. The molecule has 0 saturated carbocycles. The molecule has 0 bridgehead atoms. The van der Waals surface area contributed by atoms with E-state index in [1.165, 1.54) is 4.88 Å². The van der Waals surface area contributed by atoms with E-state index in [-0.39, 0.29) is 11.9 Å². The molecule has 3 nitrogen and oxygen atoms in total. The lowest BCUT2D eigenvalue weighted by atomic mass is 10.2. The number of hydrogen-bond donors (Lipinski definition) is 1. The fourth-order valence-corrected chi connectivity index (χ4v) is 1.98. The van der Waals surface area contributed by atoms with Crippen LogP contribution in [0.1, 0.15) is 24.6 Å². The molecule has 0 aliphatic heterocycles. The van der Waals surface area contributed by atoms with Crippen molar-refractivity contribution in [1.29, 1.82) is 5.26 Å². The Balaban J connectivity index is 2.15. The van der Waals surface area contributed by atoms with E-state index in [0.717, 1.165) is 12.8 Å². The second kappa shape index (κ2) is 6.20. The number of rotatable bonds is 5. The zero-order valence-corrected chi connectivity index (χ0v) is 9.51. The minimum absolute atomic E-state index is 0.0411. The molecule has 0 aliphatic carbocycles. The van der Waals surface area contributed by atoms with Crippen molar-refractivity contribution in [2.75, 3.05) is 0 Å². The Kier molecular flexibility index (Phi) is 4.85. The van der Waals surface area contributed by atoms with Gasteiger partial charge in [-0.3, -0.25) is 4.79 Å². The fraction of sp³-hybridized carbons (Fsp3) is 0.455. The van der Waals surface area contributed by atoms with Gasteiger partial charge in [-0.1, -0.05) is 6.07 Å². The highest BCUT2D eigenvalue weighted by atomic mass is 32.1. The van der Waals surface area contributed by atoms with Crippen molar-refractivity contribution < 1.29 is 4.79 Å². The number of hydrogen-bond acceptors (Lipinski definition) is 3. The molecule has 1 aromatic rings. The molecule has 1 N–H and O–H groups in total. The van der Waals surface area contributed by atoms with Crippen LogP contribution in [0.4, 0.5) is 0 Å². The van der Waals surface area contributed by atoms with Crippen LogP contribution < -0.4 is 5.32 Å². The van der Waals surface area contributed by atoms with Gasteiger partial charge >= 0.3 is 0 Å². The predicted molar refractivity (Wildman–Crippen MR) is 60.5 cm³/mol. The molecule has 0 fully saturated rings. The fourth-order valence-electron chi connectivity index (χ4n) is 1.22. The summed E-state index contributed by atoms with van der Waals surface area (Å²) in [4.78, 5) is 12.6. The van der Waals surface area contributed by atoms with Crippen molar-refractivity contribution in [3.05, 3.63) is 22.4 Å². The molecule has 0 saturated heterocycles. The van der Waals surface area contributed by atoms with E-state index in [2.05, 4.69) is 11.4 Å². The topological polar surface area (TPSA) is 52.9 Å². The van der Waals surface area contributed by atoms with Gasteiger partial charge in [-0.05, 0) is 31.2 Å². The SMILES string of the molecule is CC(C#N)NC(=O)CCCc1cccs1. The number of nitrogens with one attached hydrogen (secondary N) is 1. The summed E-state index contributed by atoms with van der Waals surface area (Å²) in [5.74, 6) is -0.0411. The van der Waals surface area contributed by atoms with Crippen LogP contribution in [0.2, 0.25) is 0 Å². The zero-order chi connectivity index (χ0) is 11.1. The third-order valence-electron chi connectivity index (χ3n) is 1.98. The number of nitriles is 1. The summed E-state index contributed by atoms with van der Waals surface area (Å²) < 4.78 is 0. The molecule has 1 atom stereocenters. The second-order valence-corrected chi connectivity index (χ2v) is 4.38. The average molecular weight is 222 g/mol.